The fraction of sp³-hybridized carbons (Fsp3) is 0.500. The van der Waals surface area contributed by atoms with Crippen LogP contribution >= 0.6 is 11.6 Å². The summed E-state index contributed by atoms with van der Waals surface area (Å²) in [6, 6.07) is 8.15. The van der Waals surface area contributed by atoms with Gasteiger partial charge in [0.25, 0.3) is 0 Å². The Hall–Kier alpha value is -0.570. The van der Waals surface area contributed by atoms with Crippen molar-refractivity contribution in [1.82, 2.24) is 5.32 Å². The van der Waals surface area contributed by atoms with Gasteiger partial charge in [0, 0.05) is 17.1 Å². The zero-order chi connectivity index (χ0) is 11.3. The van der Waals surface area contributed by atoms with E-state index in [1.54, 1.807) is 0 Å². The van der Waals surface area contributed by atoms with Gasteiger partial charge in [-0.2, -0.15) is 0 Å². The summed E-state index contributed by atoms with van der Waals surface area (Å²) < 4.78 is 0. The molecule has 0 saturated carbocycles. The van der Waals surface area contributed by atoms with Crippen LogP contribution in [0, 0.1) is 0 Å². The lowest BCUT2D eigenvalue weighted by Gasteiger charge is -2.20. The van der Waals surface area contributed by atoms with E-state index in [2.05, 4.69) is 19.2 Å². The van der Waals surface area contributed by atoms with Gasteiger partial charge in [-0.3, -0.25) is 0 Å². The SMILES string of the molecule is CC[C@H](CO)NC(C)c1cccc(Cl)c1. The number of hydrogen-bond donors (Lipinski definition) is 2. The molecule has 0 aliphatic heterocycles. The lowest BCUT2D eigenvalue weighted by atomic mass is 10.1. The number of aliphatic hydroxyl groups is 1. The van der Waals surface area contributed by atoms with Gasteiger partial charge in [-0.1, -0.05) is 30.7 Å². The van der Waals surface area contributed by atoms with Crippen LogP contribution in [0.25, 0.3) is 0 Å². The predicted molar refractivity (Wildman–Crippen MR) is 64.2 cm³/mol. The zero-order valence-electron chi connectivity index (χ0n) is 9.20. The minimum absolute atomic E-state index is 0.152. The summed E-state index contributed by atoms with van der Waals surface area (Å²) in [4.78, 5) is 0. The van der Waals surface area contributed by atoms with Crippen LogP contribution in [0.4, 0.5) is 0 Å². The highest BCUT2D eigenvalue weighted by Crippen LogP contribution is 2.17. The van der Waals surface area contributed by atoms with Crippen molar-refractivity contribution in [3.63, 3.8) is 0 Å². The minimum atomic E-state index is 0.152. The maximum absolute atomic E-state index is 9.09. The molecule has 0 aliphatic carbocycles. The third-order valence-corrected chi connectivity index (χ3v) is 2.78. The van der Waals surface area contributed by atoms with Crippen molar-refractivity contribution in [1.29, 1.82) is 0 Å². The number of aliphatic hydroxyl groups excluding tert-OH is 1. The minimum Gasteiger partial charge on any atom is -0.395 e. The first kappa shape index (κ1) is 12.5. The van der Waals surface area contributed by atoms with Crippen molar-refractivity contribution < 1.29 is 5.11 Å². The summed E-state index contributed by atoms with van der Waals surface area (Å²) >= 11 is 5.92. The largest absolute Gasteiger partial charge is 0.395 e. The van der Waals surface area contributed by atoms with Crippen LogP contribution in [0.5, 0.6) is 0 Å². The fourth-order valence-corrected chi connectivity index (χ4v) is 1.72. The van der Waals surface area contributed by atoms with E-state index in [4.69, 9.17) is 16.7 Å². The molecule has 1 aromatic rings. The van der Waals surface area contributed by atoms with Crippen LogP contribution in [-0.2, 0) is 0 Å². The van der Waals surface area contributed by atoms with Crippen molar-refractivity contribution in [2.24, 2.45) is 0 Å². The highest BCUT2D eigenvalue weighted by molar-refractivity contribution is 6.30. The number of halogens is 1. The Morgan fingerprint density at radius 2 is 2.20 bits per heavy atom. The van der Waals surface area contributed by atoms with Crippen molar-refractivity contribution in [2.45, 2.75) is 32.4 Å². The van der Waals surface area contributed by atoms with E-state index in [0.29, 0.717) is 0 Å². The van der Waals surface area contributed by atoms with Crippen molar-refractivity contribution >= 4 is 11.6 Å². The summed E-state index contributed by atoms with van der Waals surface area (Å²) in [7, 11) is 0. The van der Waals surface area contributed by atoms with Crippen LogP contribution < -0.4 is 5.32 Å². The van der Waals surface area contributed by atoms with Gasteiger partial charge in [-0.15, -0.1) is 0 Å². The molecule has 0 radical (unpaired) electrons. The molecule has 1 rings (SSSR count). The van der Waals surface area contributed by atoms with E-state index in [-0.39, 0.29) is 18.7 Å². The molecule has 0 amide bonds. The Balaban J connectivity index is 2.64. The molecular formula is C12H18ClNO. The van der Waals surface area contributed by atoms with E-state index in [0.717, 1.165) is 17.0 Å². The van der Waals surface area contributed by atoms with Crippen molar-refractivity contribution in [2.75, 3.05) is 6.61 Å². The van der Waals surface area contributed by atoms with Gasteiger partial charge in [0.15, 0.2) is 0 Å². The first-order valence-corrected chi connectivity index (χ1v) is 5.67. The molecule has 1 unspecified atom stereocenters. The van der Waals surface area contributed by atoms with Gasteiger partial charge < -0.3 is 10.4 Å². The molecule has 2 atom stereocenters. The molecule has 0 aromatic heterocycles. The molecular weight excluding hydrogens is 210 g/mol. The Kier molecular flexibility index (Phi) is 5.09. The first-order valence-electron chi connectivity index (χ1n) is 5.29. The number of nitrogens with one attached hydrogen (secondary N) is 1. The molecule has 2 N–H and O–H groups in total. The first-order chi connectivity index (χ1) is 7.17. The van der Waals surface area contributed by atoms with Gasteiger partial charge in [-0.05, 0) is 31.0 Å². The van der Waals surface area contributed by atoms with E-state index >= 15 is 0 Å². The third kappa shape index (κ3) is 3.82. The van der Waals surface area contributed by atoms with Gasteiger partial charge >= 0.3 is 0 Å². The molecule has 0 saturated heterocycles. The molecule has 3 heteroatoms. The number of benzene rings is 1. The lowest BCUT2D eigenvalue weighted by molar-refractivity contribution is 0.230. The maximum atomic E-state index is 9.09. The summed E-state index contributed by atoms with van der Waals surface area (Å²) in [5, 5.41) is 13.2. The second-order valence-electron chi connectivity index (χ2n) is 3.73. The van der Waals surface area contributed by atoms with Gasteiger partial charge in [0.05, 0.1) is 6.61 Å². The van der Waals surface area contributed by atoms with E-state index < -0.39 is 0 Å². The predicted octanol–water partition coefficient (Wildman–Crippen LogP) is 2.76. The highest BCUT2D eigenvalue weighted by Gasteiger charge is 2.10. The van der Waals surface area contributed by atoms with Crippen molar-refractivity contribution in [3.05, 3.63) is 34.9 Å². The van der Waals surface area contributed by atoms with Crippen LogP contribution in [-0.4, -0.2) is 17.8 Å². The quantitative estimate of drug-likeness (QED) is 0.811. The normalized spacial score (nSPS) is 14.9. The van der Waals surface area contributed by atoms with Crippen LogP contribution in [0.3, 0.4) is 0 Å². The maximum Gasteiger partial charge on any atom is 0.0584 e. The Bertz CT molecular complexity index is 299. The molecule has 0 bridgehead atoms. The monoisotopic (exact) mass is 227 g/mol. The zero-order valence-corrected chi connectivity index (χ0v) is 9.96. The summed E-state index contributed by atoms with van der Waals surface area (Å²) in [6.45, 7) is 4.30. The second-order valence-corrected chi connectivity index (χ2v) is 4.17. The van der Waals surface area contributed by atoms with E-state index in [1.807, 2.05) is 24.3 Å². The smallest absolute Gasteiger partial charge is 0.0584 e. The van der Waals surface area contributed by atoms with E-state index in [9.17, 15) is 0 Å². The highest BCUT2D eigenvalue weighted by atomic mass is 35.5. The van der Waals surface area contributed by atoms with Crippen LogP contribution in [0.1, 0.15) is 31.9 Å². The molecule has 0 fully saturated rings. The molecule has 0 aliphatic rings. The van der Waals surface area contributed by atoms with Gasteiger partial charge in [0.1, 0.15) is 0 Å². The van der Waals surface area contributed by atoms with E-state index in [1.165, 1.54) is 0 Å². The van der Waals surface area contributed by atoms with Crippen LogP contribution in [0.15, 0.2) is 24.3 Å². The molecule has 2 nitrogen and oxygen atoms in total. The second kappa shape index (κ2) is 6.11. The Labute approximate surface area is 96.3 Å². The fourth-order valence-electron chi connectivity index (χ4n) is 1.53. The Morgan fingerprint density at radius 3 is 2.73 bits per heavy atom. The third-order valence-electron chi connectivity index (χ3n) is 2.55. The average molecular weight is 228 g/mol. The van der Waals surface area contributed by atoms with Crippen molar-refractivity contribution in [3.8, 4) is 0 Å². The Morgan fingerprint density at radius 1 is 1.47 bits per heavy atom. The molecule has 0 spiro atoms. The number of hydrogen-bond acceptors (Lipinski definition) is 2. The summed E-state index contributed by atoms with van der Waals surface area (Å²) in [5.41, 5.74) is 1.15. The van der Waals surface area contributed by atoms with Gasteiger partial charge in [0.2, 0.25) is 0 Å². The summed E-state index contributed by atoms with van der Waals surface area (Å²) in [5.74, 6) is 0. The average Bonchev–Trinajstić information content (AvgIpc) is 2.25. The standard InChI is InChI=1S/C12H18ClNO/c1-3-12(8-15)14-9(2)10-5-4-6-11(13)7-10/h4-7,9,12,14-15H,3,8H2,1-2H3/t9?,12-/m1/s1. The summed E-state index contributed by atoms with van der Waals surface area (Å²) in [6.07, 6.45) is 0.918. The van der Waals surface area contributed by atoms with Gasteiger partial charge in [-0.25, -0.2) is 0 Å². The molecule has 84 valence electrons. The molecule has 0 heterocycles. The molecule has 1 aromatic carbocycles. The molecule has 15 heavy (non-hydrogen) atoms. The topological polar surface area (TPSA) is 32.3 Å². The lowest BCUT2D eigenvalue weighted by Crippen LogP contribution is -2.33. The van der Waals surface area contributed by atoms with Crippen LogP contribution in [0.2, 0.25) is 5.02 Å². The number of rotatable bonds is 5.